The van der Waals surface area contributed by atoms with Crippen molar-refractivity contribution in [3.05, 3.63) is 16.6 Å². The fraction of sp³-hybridized carbons (Fsp3) is 0.750. The van der Waals surface area contributed by atoms with Gasteiger partial charge >= 0.3 is 0 Å². The minimum absolute atomic E-state index is 0.608. The van der Waals surface area contributed by atoms with Crippen LogP contribution in [0, 0.1) is 5.92 Å². The molecule has 3 heteroatoms. The van der Waals surface area contributed by atoms with Gasteiger partial charge in [-0.25, -0.2) is 0 Å². The van der Waals surface area contributed by atoms with Gasteiger partial charge in [0.15, 0.2) is 0 Å². The van der Waals surface area contributed by atoms with Crippen molar-refractivity contribution >= 4 is 11.3 Å². The van der Waals surface area contributed by atoms with E-state index in [1.807, 2.05) is 11.7 Å². The molecule has 0 radical (unpaired) electrons. The maximum Gasteiger partial charge on any atom is 0.0794 e. The summed E-state index contributed by atoms with van der Waals surface area (Å²) in [5, 5.41) is 3.58. The lowest BCUT2D eigenvalue weighted by atomic mass is 9.94. The van der Waals surface area contributed by atoms with Crippen LogP contribution in [0.15, 0.2) is 11.7 Å². The van der Waals surface area contributed by atoms with Crippen LogP contribution >= 0.6 is 11.3 Å². The Kier molecular flexibility index (Phi) is 5.88. The van der Waals surface area contributed by atoms with E-state index in [0.29, 0.717) is 6.04 Å². The van der Waals surface area contributed by atoms with Crippen molar-refractivity contribution in [3.8, 4) is 0 Å². The van der Waals surface area contributed by atoms with Crippen molar-refractivity contribution in [3.63, 3.8) is 0 Å². The third kappa shape index (κ3) is 4.31. The molecule has 0 aliphatic heterocycles. The first-order valence-electron chi connectivity index (χ1n) is 5.88. The lowest BCUT2D eigenvalue weighted by Crippen LogP contribution is -2.34. The SMILES string of the molecule is CCCNC(C)C(CC)Cc1cncs1. The van der Waals surface area contributed by atoms with Gasteiger partial charge in [0, 0.05) is 17.1 Å². The molecular formula is C12H22N2S. The molecule has 2 atom stereocenters. The Balaban J connectivity index is 2.40. The minimum Gasteiger partial charge on any atom is -0.314 e. The number of nitrogens with one attached hydrogen (secondary N) is 1. The number of hydrogen-bond acceptors (Lipinski definition) is 3. The van der Waals surface area contributed by atoms with E-state index < -0.39 is 0 Å². The summed E-state index contributed by atoms with van der Waals surface area (Å²) in [5.41, 5.74) is 1.92. The van der Waals surface area contributed by atoms with E-state index in [0.717, 1.165) is 12.5 Å². The predicted molar refractivity (Wildman–Crippen MR) is 67.4 cm³/mol. The van der Waals surface area contributed by atoms with Crippen molar-refractivity contribution in [2.75, 3.05) is 6.54 Å². The monoisotopic (exact) mass is 226 g/mol. The molecule has 86 valence electrons. The summed E-state index contributed by atoms with van der Waals surface area (Å²) in [6.45, 7) is 7.91. The lowest BCUT2D eigenvalue weighted by Gasteiger charge is -2.23. The highest BCUT2D eigenvalue weighted by molar-refractivity contribution is 7.09. The molecule has 0 saturated carbocycles. The van der Waals surface area contributed by atoms with E-state index in [4.69, 9.17) is 0 Å². The summed E-state index contributed by atoms with van der Waals surface area (Å²) in [6.07, 6.45) is 5.61. The molecule has 1 aromatic rings. The molecule has 0 bridgehead atoms. The van der Waals surface area contributed by atoms with Crippen LogP contribution in [0.25, 0.3) is 0 Å². The van der Waals surface area contributed by atoms with Gasteiger partial charge in [0.25, 0.3) is 0 Å². The molecule has 1 aromatic heterocycles. The fourth-order valence-electron chi connectivity index (χ4n) is 1.81. The van der Waals surface area contributed by atoms with E-state index in [1.165, 1.54) is 24.1 Å². The average molecular weight is 226 g/mol. The van der Waals surface area contributed by atoms with Gasteiger partial charge in [-0.15, -0.1) is 11.3 Å². The average Bonchev–Trinajstić information content (AvgIpc) is 2.75. The number of thiazole rings is 1. The predicted octanol–water partition coefficient (Wildman–Crippen LogP) is 3.10. The number of nitrogens with zero attached hydrogens (tertiary/aromatic N) is 1. The Morgan fingerprint density at radius 2 is 2.27 bits per heavy atom. The zero-order valence-corrected chi connectivity index (χ0v) is 10.8. The van der Waals surface area contributed by atoms with Gasteiger partial charge < -0.3 is 5.32 Å². The van der Waals surface area contributed by atoms with Crippen LogP contribution < -0.4 is 5.32 Å². The number of aromatic nitrogens is 1. The van der Waals surface area contributed by atoms with Gasteiger partial charge in [-0.3, -0.25) is 4.98 Å². The molecular weight excluding hydrogens is 204 g/mol. The smallest absolute Gasteiger partial charge is 0.0794 e. The van der Waals surface area contributed by atoms with Crippen molar-refractivity contribution in [2.45, 2.75) is 46.1 Å². The molecule has 2 unspecified atom stereocenters. The third-order valence-corrected chi connectivity index (χ3v) is 3.70. The molecule has 1 heterocycles. The molecule has 15 heavy (non-hydrogen) atoms. The molecule has 0 spiro atoms. The van der Waals surface area contributed by atoms with E-state index >= 15 is 0 Å². The molecule has 0 aliphatic carbocycles. The Bertz CT molecular complexity index is 246. The Morgan fingerprint density at radius 1 is 1.47 bits per heavy atom. The van der Waals surface area contributed by atoms with E-state index in [-0.39, 0.29) is 0 Å². The lowest BCUT2D eigenvalue weighted by molar-refractivity contribution is 0.364. The molecule has 1 N–H and O–H groups in total. The Hall–Kier alpha value is -0.410. The van der Waals surface area contributed by atoms with Crippen LogP contribution in [0.3, 0.4) is 0 Å². The normalized spacial score (nSPS) is 15.1. The first kappa shape index (κ1) is 12.7. The van der Waals surface area contributed by atoms with Crippen LogP contribution in [0.2, 0.25) is 0 Å². The molecule has 0 aliphatic rings. The van der Waals surface area contributed by atoms with Gasteiger partial charge in [0.05, 0.1) is 5.51 Å². The maximum absolute atomic E-state index is 4.13. The van der Waals surface area contributed by atoms with Gasteiger partial charge in [0.1, 0.15) is 0 Å². The maximum atomic E-state index is 4.13. The van der Waals surface area contributed by atoms with Crippen LogP contribution in [0.5, 0.6) is 0 Å². The molecule has 1 rings (SSSR count). The first-order chi connectivity index (χ1) is 7.27. The second-order valence-electron chi connectivity index (χ2n) is 4.08. The summed E-state index contributed by atoms with van der Waals surface area (Å²) >= 11 is 1.77. The molecule has 0 fully saturated rings. The first-order valence-corrected chi connectivity index (χ1v) is 6.76. The second-order valence-corrected chi connectivity index (χ2v) is 5.05. The highest BCUT2D eigenvalue weighted by Crippen LogP contribution is 2.18. The summed E-state index contributed by atoms with van der Waals surface area (Å²) in [6, 6.07) is 0.608. The standard InChI is InChI=1S/C12H22N2S/c1-4-6-14-10(3)11(5-2)7-12-8-13-9-15-12/h8-11,14H,4-7H2,1-3H3. The van der Waals surface area contributed by atoms with Crippen LogP contribution in [-0.4, -0.2) is 17.6 Å². The highest BCUT2D eigenvalue weighted by Gasteiger charge is 2.15. The summed E-state index contributed by atoms with van der Waals surface area (Å²) < 4.78 is 0. The highest BCUT2D eigenvalue weighted by atomic mass is 32.1. The second kappa shape index (κ2) is 6.96. The van der Waals surface area contributed by atoms with Gasteiger partial charge in [-0.05, 0) is 32.2 Å². The summed E-state index contributed by atoms with van der Waals surface area (Å²) in [7, 11) is 0. The molecule has 2 nitrogen and oxygen atoms in total. The molecule has 0 amide bonds. The van der Waals surface area contributed by atoms with Gasteiger partial charge in [-0.1, -0.05) is 20.3 Å². The van der Waals surface area contributed by atoms with E-state index in [1.54, 1.807) is 11.3 Å². The zero-order valence-electron chi connectivity index (χ0n) is 9.99. The van der Waals surface area contributed by atoms with Crippen LogP contribution in [0.1, 0.15) is 38.5 Å². The summed E-state index contributed by atoms with van der Waals surface area (Å²) in [4.78, 5) is 5.54. The Labute approximate surface area is 97.1 Å². The van der Waals surface area contributed by atoms with Gasteiger partial charge in [0.2, 0.25) is 0 Å². The fourth-order valence-corrected chi connectivity index (χ4v) is 2.50. The Morgan fingerprint density at radius 3 is 2.80 bits per heavy atom. The topological polar surface area (TPSA) is 24.9 Å². The minimum atomic E-state index is 0.608. The quantitative estimate of drug-likeness (QED) is 0.773. The van der Waals surface area contributed by atoms with E-state index in [2.05, 4.69) is 31.1 Å². The van der Waals surface area contributed by atoms with E-state index in [9.17, 15) is 0 Å². The largest absolute Gasteiger partial charge is 0.314 e. The summed E-state index contributed by atoms with van der Waals surface area (Å²) in [5.74, 6) is 0.733. The van der Waals surface area contributed by atoms with Gasteiger partial charge in [-0.2, -0.15) is 0 Å². The molecule has 0 aromatic carbocycles. The van der Waals surface area contributed by atoms with Crippen molar-refractivity contribution in [2.24, 2.45) is 5.92 Å². The van der Waals surface area contributed by atoms with Crippen molar-refractivity contribution < 1.29 is 0 Å². The molecule has 0 saturated heterocycles. The van der Waals surface area contributed by atoms with Crippen LogP contribution in [0.4, 0.5) is 0 Å². The van der Waals surface area contributed by atoms with Crippen molar-refractivity contribution in [1.82, 2.24) is 10.3 Å². The number of hydrogen-bond donors (Lipinski definition) is 1. The third-order valence-electron chi connectivity index (χ3n) is 2.89. The number of rotatable bonds is 7. The van der Waals surface area contributed by atoms with Crippen LogP contribution in [-0.2, 0) is 6.42 Å². The van der Waals surface area contributed by atoms with Crippen molar-refractivity contribution in [1.29, 1.82) is 0 Å². The zero-order chi connectivity index (χ0) is 11.1.